The SMILES string of the molecule is Cc1[nH]c(=O)c(C#N)c(C)c1CCC(=O)NC1CCSc2ccc(F)cc21. The predicted molar refractivity (Wildman–Crippen MR) is 102 cm³/mol. The summed E-state index contributed by atoms with van der Waals surface area (Å²) in [4.78, 5) is 27.9. The highest BCUT2D eigenvalue weighted by Crippen LogP contribution is 2.36. The zero-order valence-corrected chi connectivity index (χ0v) is 16.0. The van der Waals surface area contributed by atoms with Gasteiger partial charge in [-0.1, -0.05) is 0 Å². The number of thioether (sulfide) groups is 1. The summed E-state index contributed by atoms with van der Waals surface area (Å²) >= 11 is 1.67. The van der Waals surface area contributed by atoms with Crippen LogP contribution in [-0.4, -0.2) is 16.6 Å². The number of nitriles is 1. The Kier molecular flexibility index (Phi) is 5.66. The molecule has 1 atom stereocenters. The van der Waals surface area contributed by atoms with E-state index in [1.165, 1.54) is 12.1 Å². The number of hydrogen-bond donors (Lipinski definition) is 2. The van der Waals surface area contributed by atoms with Crippen molar-refractivity contribution in [3.8, 4) is 6.07 Å². The molecule has 0 saturated heterocycles. The molecule has 0 aliphatic carbocycles. The zero-order valence-electron chi connectivity index (χ0n) is 15.2. The van der Waals surface area contributed by atoms with Crippen LogP contribution >= 0.6 is 11.8 Å². The molecule has 0 saturated carbocycles. The van der Waals surface area contributed by atoms with Gasteiger partial charge < -0.3 is 10.3 Å². The fourth-order valence-electron chi connectivity index (χ4n) is 3.44. The number of aromatic nitrogens is 1. The van der Waals surface area contributed by atoms with Crippen LogP contribution in [0.4, 0.5) is 4.39 Å². The molecule has 1 unspecified atom stereocenters. The van der Waals surface area contributed by atoms with Crippen LogP contribution in [0.5, 0.6) is 0 Å². The molecule has 0 spiro atoms. The lowest BCUT2D eigenvalue weighted by atomic mass is 9.98. The summed E-state index contributed by atoms with van der Waals surface area (Å²) in [7, 11) is 0. The molecular formula is C20H20FN3O2S. The van der Waals surface area contributed by atoms with Crippen LogP contribution in [0.15, 0.2) is 27.9 Å². The van der Waals surface area contributed by atoms with Crippen molar-refractivity contribution in [3.05, 3.63) is 62.3 Å². The third kappa shape index (κ3) is 4.06. The van der Waals surface area contributed by atoms with Crippen molar-refractivity contribution >= 4 is 17.7 Å². The minimum Gasteiger partial charge on any atom is -0.349 e. The van der Waals surface area contributed by atoms with Gasteiger partial charge in [-0.25, -0.2) is 4.39 Å². The molecule has 2 heterocycles. The Bertz CT molecular complexity index is 994. The van der Waals surface area contributed by atoms with Gasteiger partial charge in [-0.15, -0.1) is 11.8 Å². The maximum absolute atomic E-state index is 13.6. The quantitative estimate of drug-likeness (QED) is 0.846. The van der Waals surface area contributed by atoms with E-state index in [1.807, 2.05) is 6.07 Å². The number of fused-ring (bicyclic) bond motifs is 1. The van der Waals surface area contributed by atoms with Crippen molar-refractivity contribution in [2.24, 2.45) is 0 Å². The average Bonchev–Trinajstić information content (AvgIpc) is 2.62. The first-order valence-electron chi connectivity index (χ1n) is 8.74. The largest absolute Gasteiger partial charge is 0.349 e. The molecule has 0 radical (unpaired) electrons. The van der Waals surface area contributed by atoms with E-state index < -0.39 is 5.56 Å². The van der Waals surface area contributed by atoms with E-state index >= 15 is 0 Å². The number of H-pyrrole nitrogens is 1. The van der Waals surface area contributed by atoms with Gasteiger partial charge in [-0.2, -0.15) is 5.26 Å². The number of nitrogens with one attached hydrogen (secondary N) is 2. The molecule has 27 heavy (non-hydrogen) atoms. The smallest absolute Gasteiger partial charge is 0.266 e. The average molecular weight is 385 g/mol. The lowest BCUT2D eigenvalue weighted by Crippen LogP contribution is -2.31. The lowest BCUT2D eigenvalue weighted by molar-refractivity contribution is -0.121. The van der Waals surface area contributed by atoms with E-state index in [4.69, 9.17) is 5.26 Å². The maximum Gasteiger partial charge on any atom is 0.266 e. The summed E-state index contributed by atoms with van der Waals surface area (Å²) in [5, 5.41) is 12.1. The van der Waals surface area contributed by atoms with Crippen LogP contribution < -0.4 is 10.9 Å². The summed E-state index contributed by atoms with van der Waals surface area (Å²) in [6.45, 7) is 3.49. The Morgan fingerprint density at radius 3 is 2.96 bits per heavy atom. The molecular weight excluding hydrogens is 365 g/mol. The molecule has 0 bridgehead atoms. The number of benzene rings is 1. The lowest BCUT2D eigenvalue weighted by Gasteiger charge is -2.26. The van der Waals surface area contributed by atoms with Crippen LogP contribution in [-0.2, 0) is 11.2 Å². The number of carbonyl (C=O) groups excluding carboxylic acids is 1. The van der Waals surface area contributed by atoms with Gasteiger partial charge in [0, 0.05) is 22.8 Å². The van der Waals surface area contributed by atoms with E-state index in [-0.39, 0.29) is 29.8 Å². The van der Waals surface area contributed by atoms with Crippen LogP contribution in [0.3, 0.4) is 0 Å². The van der Waals surface area contributed by atoms with Gasteiger partial charge in [0.05, 0.1) is 6.04 Å². The van der Waals surface area contributed by atoms with E-state index in [0.29, 0.717) is 17.7 Å². The number of amides is 1. The normalized spacial score (nSPS) is 15.7. The van der Waals surface area contributed by atoms with E-state index in [0.717, 1.165) is 28.2 Å². The van der Waals surface area contributed by atoms with Gasteiger partial charge in [0.15, 0.2) is 0 Å². The van der Waals surface area contributed by atoms with Gasteiger partial charge >= 0.3 is 0 Å². The third-order valence-electron chi connectivity index (χ3n) is 4.87. The Labute approximate surface area is 161 Å². The number of halogens is 1. The summed E-state index contributed by atoms with van der Waals surface area (Å²) < 4.78 is 13.6. The number of carbonyl (C=O) groups is 1. The molecule has 2 aromatic rings. The topological polar surface area (TPSA) is 85.8 Å². The number of nitrogens with zero attached hydrogens (tertiary/aromatic N) is 1. The molecule has 3 rings (SSSR count). The first-order chi connectivity index (χ1) is 12.9. The van der Waals surface area contributed by atoms with Gasteiger partial charge in [0.2, 0.25) is 5.91 Å². The highest BCUT2D eigenvalue weighted by atomic mass is 32.2. The van der Waals surface area contributed by atoms with E-state index in [9.17, 15) is 14.0 Å². The minimum atomic E-state index is -0.404. The Balaban J connectivity index is 1.71. The molecule has 1 aliphatic heterocycles. The molecule has 1 aliphatic rings. The third-order valence-corrected chi connectivity index (χ3v) is 5.99. The molecule has 1 aromatic heterocycles. The standard InChI is InChI=1S/C20H20FN3O2S/c1-11-14(12(2)23-20(26)16(11)10-22)4-6-19(25)24-17-7-8-27-18-5-3-13(21)9-15(17)18/h3,5,9,17H,4,6-8H2,1-2H3,(H,23,26)(H,24,25). The second-order valence-electron chi connectivity index (χ2n) is 6.61. The summed E-state index contributed by atoms with van der Waals surface area (Å²) in [6.07, 6.45) is 1.40. The number of hydrogen-bond acceptors (Lipinski definition) is 4. The Hall–Kier alpha value is -2.59. The minimum absolute atomic E-state index is 0.0877. The first-order valence-corrected chi connectivity index (χ1v) is 9.73. The van der Waals surface area contributed by atoms with Crippen LogP contribution in [0.25, 0.3) is 0 Å². The molecule has 1 aromatic carbocycles. The van der Waals surface area contributed by atoms with E-state index in [1.54, 1.807) is 31.7 Å². The molecule has 7 heteroatoms. The monoisotopic (exact) mass is 385 g/mol. The fraction of sp³-hybridized carbons (Fsp3) is 0.350. The van der Waals surface area contributed by atoms with Crippen LogP contribution in [0.1, 0.15) is 46.8 Å². The summed E-state index contributed by atoms with van der Waals surface area (Å²) in [5.74, 6) is 0.428. The van der Waals surface area contributed by atoms with Crippen molar-refractivity contribution in [1.29, 1.82) is 5.26 Å². The second kappa shape index (κ2) is 7.97. The number of aromatic amines is 1. The Morgan fingerprint density at radius 2 is 2.22 bits per heavy atom. The number of aryl methyl sites for hydroxylation is 1. The van der Waals surface area contributed by atoms with Crippen molar-refractivity contribution in [3.63, 3.8) is 0 Å². The summed E-state index contributed by atoms with van der Waals surface area (Å²) in [6, 6.07) is 6.40. The van der Waals surface area contributed by atoms with Crippen molar-refractivity contribution in [1.82, 2.24) is 10.3 Å². The first kappa shape index (κ1) is 19.2. The van der Waals surface area contributed by atoms with Gasteiger partial charge in [0.1, 0.15) is 17.4 Å². The van der Waals surface area contributed by atoms with Gasteiger partial charge in [0.25, 0.3) is 5.56 Å². The molecule has 5 nitrogen and oxygen atoms in total. The number of pyridine rings is 1. The molecule has 1 amide bonds. The maximum atomic E-state index is 13.6. The molecule has 2 N–H and O–H groups in total. The Morgan fingerprint density at radius 1 is 1.44 bits per heavy atom. The van der Waals surface area contributed by atoms with Gasteiger partial charge in [-0.05, 0) is 61.6 Å². The highest BCUT2D eigenvalue weighted by molar-refractivity contribution is 7.99. The van der Waals surface area contributed by atoms with Crippen molar-refractivity contribution in [2.75, 3.05) is 5.75 Å². The predicted octanol–water partition coefficient (Wildman–Crippen LogP) is 3.29. The van der Waals surface area contributed by atoms with Crippen LogP contribution in [0.2, 0.25) is 0 Å². The molecule has 0 fully saturated rings. The molecule has 140 valence electrons. The fourth-order valence-corrected chi connectivity index (χ4v) is 4.55. The van der Waals surface area contributed by atoms with Crippen molar-refractivity contribution < 1.29 is 9.18 Å². The number of rotatable bonds is 4. The summed E-state index contributed by atoms with van der Waals surface area (Å²) in [5.41, 5.74) is 2.61. The zero-order chi connectivity index (χ0) is 19.6. The highest BCUT2D eigenvalue weighted by Gasteiger charge is 2.23. The second-order valence-corrected chi connectivity index (χ2v) is 7.75. The van der Waals surface area contributed by atoms with E-state index in [2.05, 4.69) is 10.3 Å². The van der Waals surface area contributed by atoms with Crippen LogP contribution in [0, 0.1) is 31.0 Å². The van der Waals surface area contributed by atoms with Gasteiger partial charge in [-0.3, -0.25) is 9.59 Å². The van der Waals surface area contributed by atoms with Crippen molar-refractivity contribution in [2.45, 2.75) is 44.0 Å².